The minimum atomic E-state index is -0.397. The molecule has 1 aromatic rings. The monoisotopic (exact) mass is 376 g/mol. The normalized spacial score (nSPS) is 25.8. The molecule has 3 heterocycles. The molecule has 2 fully saturated rings. The summed E-state index contributed by atoms with van der Waals surface area (Å²) in [5.41, 5.74) is 0.852. The third kappa shape index (κ3) is 4.58. The van der Waals surface area contributed by atoms with Gasteiger partial charge in [0.1, 0.15) is 0 Å². The van der Waals surface area contributed by atoms with Crippen molar-refractivity contribution in [2.24, 2.45) is 5.41 Å². The summed E-state index contributed by atoms with van der Waals surface area (Å²) >= 11 is 0. The van der Waals surface area contributed by atoms with Crippen molar-refractivity contribution in [3.8, 4) is 0 Å². The summed E-state index contributed by atoms with van der Waals surface area (Å²) in [5.74, 6) is 0.837. The van der Waals surface area contributed by atoms with Crippen molar-refractivity contribution in [3.63, 3.8) is 0 Å². The highest BCUT2D eigenvalue weighted by molar-refractivity contribution is 5.76. The number of nitrogens with zero attached hydrogens (tertiary/aromatic N) is 4. The van der Waals surface area contributed by atoms with Gasteiger partial charge in [-0.1, -0.05) is 13.3 Å². The lowest BCUT2D eigenvalue weighted by Gasteiger charge is -2.51. The number of aliphatic hydroxyl groups excluding tert-OH is 1. The standard InChI is InChI=1S/C20H32N4O3/c1-3-5-16-12-21-19(22-13-16)24-10-6-17(25)20(15-24)8-4-9-23(14-20)18(26)7-11-27-2/h12-13,17,25H,3-11,14-15H2,1-2H3/t17-,20+/m1/s1. The average molecular weight is 377 g/mol. The van der Waals surface area contributed by atoms with Crippen molar-refractivity contribution >= 4 is 11.9 Å². The van der Waals surface area contributed by atoms with E-state index in [1.165, 1.54) is 0 Å². The zero-order valence-corrected chi connectivity index (χ0v) is 16.6. The second kappa shape index (κ2) is 8.97. The number of aliphatic hydroxyl groups is 1. The Labute approximate surface area is 161 Å². The number of aromatic nitrogens is 2. The van der Waals surface area contributed by atoms with Crippen molar-refractivity contribution in [1.82, 2.24) is 14.9 Å². The molecule has 27 heavy (non-hydrogen) atoms. The number of ether oxygens (including phenoxy) is 1. The Morgan fingerprint density at radius 1 is 1.33 bits per heavy atom. The molecule has 1 aromatic heterocycles. The number of aryl methyl sites for hydroxylation is 1. The molecule has 1 N–H and O–H groups in total. The summed E-state index contributed by atoms with van der Waals surface area (Å²) in [7, 11) is 1.61. The average Bonchev–Trinajstić information content (AvgIpc) is 2.69. The molecule has 3 rings (SSSR count). The predicted molar refractivity (Wildman–Crippen MR) is 104 cm³/mol. The number of anilines is 1. The van der Waals surface area contributed by atoms with Crippen LogP contribution < -0.4 is 4.90 Å². The molecule has 1 amide bonds. The predicted octanol–water partition coefficient (Wildman–Crippen LogP) is 1.65. The Morgan fingerprint density at radius 2 is 2.11 bits per heavy atom. The second-order valence-corrected chi connectivity index (χ2v) is 7.89. The molecule has 2 atom stereocenters. The fourth-order valence-corrected chi connectivity index (χ4v) is 4.37. The third-order valence-electron chi connectivity index (χ3n) is 5.88. The highest BCUT2D eigenvalue weighted by Crippen LogP contribution is 2.39. The minimum absolute atomic E-state index is 0.111. The van der Waals surface area contributed by atoms with E-state index in [2.05, 4.69) is 21.8 Å². The van der Waals surface area contributed by atoms with Crippen LogP contribution in [0.25, 0.3) is 0 Å². The summed E-state index contributed by atoms with van der Waals surface area (Å²) in [6, 6.07) is 0. The van der Waals surface area contributed by atoms with Gasteiger partial charge in [-0.3, -0.25) is 4.79 Å². The van der Waals surface area contributed by atoms with Gasteiger partial charge in [-0.05, 0) is 31.2 Å². The maximum atomic E-state index is 12.5. The maximum absolute atomic E-state index is 12.5. The van der Waals surface area contributed by atoms with E-state index in [0.29, 0.717) is 32.5 Å². The first-order valence-corrected chi connectivity index (χ1v) is 10.1. The summed E-state index contributed by atoms with van der Waals surface area (Å²) < 4.78 is 5.04. The quantitative estimate of drug-likeness (QED) is 0.813. The number of carbonyl (C=O) groups excluding carboxylic acids is 1. The zero-order valence-electron chi connectivity index (χ0n) is 16.6. The lowest BCUT2D eigenvalue weighted by molar-refractivity contribution is -0.138. The first kappa shape index (κ1) is 20.0. The van der Waals surface area contributed by atoms with Gasteiger partial charge in [0.25, 0.3) is 0 Å². The number of carbonyl (C=O) groups is 1. The van der Waals surface area contributed by atoms with Gasteiger partial charge in [-0.15, -0.1) is 0 Å². The molecule has 2 saturated heterocycles. The summed E-state index contributed by atoms with van der Waals surface area (Å²) in [6.45, 7) is 5.38. The van der Waals surface area contributed by atoms with Gasteiger partial charge < -0.3 is 19.6 Å². The molecule has 0 aromatic carbocycles. The highest BCUT2D eigenvalue weighted by atomic mass is 16.5. The van der Waals surface area contributed by atoms with Gasteiger partial charge in [-0.2, -0.15) is 0 Å². The van der Waals surface area contributed by atoms with E-state index in [1.54, 1.807) is 7.11 Å². The number of hydrogen-bond donors (Lipinski definition) is 1. The number of likely N-dealkylation sites (tertiary alicyclic amines) is 1. The van der Waals surface area contributed by atoms with Crippen molar-refractivity contribution in [2.45, 2.75) is 51.6 Å². The van der Waals surface area contributed by atoms with Crippen LogP contribution in [0.3, 0.4) is 0 Å². The van der Waals surface area contributed by atoms with E-state index < -0.39 is 6.10 Å². The molecule has 2 aliphatic heterocycles. The second-order valence-electron chi connectivity index (χ2n) is 7.89. The van der Waals surface area contributed by atoms with Gasteiger partial charge >= 0.3 is 0 Å². The first-order valence-electron chi connectivity index (χ1n) is 10.1. The molecule has 2 aliphatic rings. The van der Waals surface area contributed by atoms with Crippen LogP contribution in [-0.2, 0) is 16.0 Å². The van der Waals surface area contributed by atoms with E-state index >= 15 is 0 Å². The molecular formula is C20H32N4O3. The Balaban J connectivity index is 1.71. The van der Waals surface area contributed by atoms with Crippen molar-refractivity contribution in [3.05, 3.63) is 18.0 Å². The minimum Gasteiger partial charge on any atom is -0.392 e. The number of amides is 1. The third-order valence-corrected chi connectivity index (χ3v) is 5.88. The van der Waals surface area contributed by atoms with E-state index in [-0.39, 0.29) is 11.3 Å². The van der Waals surface area contributed by atoms with Crippen molar-refractivity contribution in [1.29, 1.82) is 0 Å². The van der Waals surface area contributed by atoms with Gasteiger partial charge in [-0.25, -0.2) is 9.97 Å². The van der Waals surface area contributed by atoms with Crippen LogP contribution in [0.1, 0.15) is 44.6 Å². The molecule has 0 aliphatic carbocycles. The first-order chi connectivity index (χ1) is 13.1. The Hall–Kier alpha value is -1.73. The van der Waals surface area contributed by atoms with Crippen LogP contribution in [0.4, 0.5) is 5.95 Å². The molecule has 150 valence electrons. The van der Waals surface area contributed by atoms with Crippen LogP contribution >= 0.6 is 0 Å². The van der Waals surface area contributed by atoms with Crippen LogP contribution in [-0.4, -0.2) is 71.9 Å². The summed E-state index contributed by atoms with van der Waals surface area (Å²) in [5, 5.41) is 10.8. The van der Waals surface area contributed by atoms with Gasteiger partial charge in [0.05, 0.1) is 19.1 Å². The molecule has 7 nitrogen and oxygen atoms in total. The van der Waals surface area contributed by atoms with Crippen LogP contribution in [0.5, 0.6) is 0 Å². The molecule has 0 saturated carbocycles. The Bertz CT molecular complexity index is 624. The van der Waals surface area contributed by atoms with Crippen molar-refractivity contribution < 1.29 is 14.6 Å². The van der Waals surface area contributed by atoms with E-state index in [0.717, 1.165) is 50.3 Å². The number of rotatable bonds is 6. The smallest absolute Gasteiger partial charge is 0.225 e. The number of piperidine rings is 2. The van der Waals surface area contributed by atoms with Crippen molar-refractivity contribution in [2.75, 3.05) is 44.8 Å². The van der Waals surface area contributed by atoms with E-state index in [1.807, 2.05) is 17.3 Å². The van der Waals surface area contributed by atoms with E-state index in [4.69, 9.17) is 4.74 Å². The Kier molecular flexibility index (Phi) is 6.65. The Morgan fingerprint density at radius 3 is 2.81 bits per heavy atom. The fourth-order valence-electron chi connectivity index (χ4n) is 4.37. The number of hydrogen-bond acceptors (Lipinski definition) is 6. The number of methoxy groups -OCH3 is 1. The van der Waals surface area contributed by atoms with Gasteiger partial charge in [0.15, 0.2) is 0 Å². The largest absolute Gasteiger partial charge is 0.392 e. The molecule has 0 unspecified atom stereocenters. The molecule has 0 bridgehead atoms. The van der Waals surface area contributed by atoms with Crippen LogP contribution in [0.2, 0.25) is 0 Å². The summed E-state index contributed by atoms with van der Waals surface area (Å²) in [4.78, 5) is 25.7. The van der Waals surface area contributed by atoms with Crippen LogP contribution in [0, 0.1) is 5.41 Å². The van der Waals surface area contributed by atoms with E-state index in [9.17, 15) is 9.90 Å². The maximum Gasteiger partial charge on any atom is 0.225 e. The zero-order chi connectivity index (χ0) is 19.3. The summed E-state index contributed by atoms with van der Waals surface area (Å²) in [6.07, 6.45) is 8.40. The molecule has 7 heteroatoms. The molecule has 1 spiro atoms. The van der Waals surface area contributed by atoms with Crippen LogP contribution in [0.15, 0.2) is 12.4 Å². The molecule has 0 radical (unpaired) electrons. The highest BCUT2D eigenvalue weighted by Gasteiger charge is 2.46. The SMILES string of the molecule is CCCc1cnc(N2CC[C@@H](O)[C@]3(CCCN(C(=O)CCOC)C3)C2)nc1. The van der Waals surface area contributed by atoms with Gasteiger partial charge in [0.2, 0.25) is 11.9 Å². The fraction of sp³-hybridized carbons (Fsp3) is 0.750. The molecular weight excluding hydrogens is 344 g/mol. The lowest BCUT2D eigenvalue weighted by Crippen LogP contribution is -2.60. The topological polar surface area (TPSA) is 78.8 Å². The lowest BCUT2D eigenvalue weighted by atomic mass is 9.71. The van der Waals surface area contributed by atoms with Gasteiger partial charge in [0, 0.05) is 51.1 Å².